The summed E-state index contributed by atoms with van der Waals surface area (Å²) < 4.78 is 1.73. The highest BCUT2D eigenvalue weighted by Gasteiger charge is 2.20. The van der Waals surface area contributed by atoms with Crippen LogP contribution in [0.2, 0.25) is 10.3 Å². The summed E-state index contributed by atoms with van der Waals surface area (Å²) in [7, 11) is 0. The quantitative estimate of drug-likeness (QED) is 0.309. The number of rotatable bonds is 4. The minimum absolute atomic E-state index is 0.0672. The molecule has 0 spiro atoms. The summed E-state index contributed by atoms with van der Waals surface area (Å²) in [6.07, 6.45) is 2.25. The van der Waals surface area contributed by atoms with Crippen molar-refractivity contribution in [2.24, 2.45) is 0 Å². The Morgan fingerprint density at radius 2 is 1.78 bits per heavy atom. The van der Waals surface area contributed by atoms with Gasteiger partial charge >= 0.3 is 0 Å². The second-order valence-corrected chi connectivity index (χ2v) is 8.41. The molecule has 0 aliphatic heterocycles. The van der Waals surface area contributed by atoms with Gasteiger partial charge in [-0.05, 0) is 53.4 Å². The van der Waals surface area contributed by atoms with E-state index in [0.717, 1.165) is 22.5 Å². The lowest BCUT2D eigenvalue weighted by Crippen LogP contribution is -2.24. The largest absolute Gasteiger partial charge is 0.280 e. The van der Waals surface area contributed by atoms with Crippen LogP contribution in [0.3, 0.4) is 0 Å². The van der Waals surface area contributed by atoms with Gasteiger partial charge in [0.25, 0.3) is 5.56 Å². The Morgan fingerprint density at radius 1 is 0.969 bits per heavy atom. The van der Waals surface area contributed by atoms with E-state index in [1.165, 1.54) is 0 Å². The van der Waals surface area contributed by atoms with E-state index in [-0.39, 0.29) is 16.8 Å². The summed E-state index contributed by atoms with van der Waals surface area (Å²) in [6.45, 7) is 2.06. The molecule has 0 saturated heterocycles. The molecule has 0 amide bonds. The van der Waals surface area contributed by atoms with Gasteiger partial charge in [0.2, 0.25) is 5.28 Å². The molecule has 1 atom stereocenters. The Hall–Kier alpha value is -3.28. The van der Waals surface area contributed by atoms with Crippen LogP contribution in [-0.4, -0.2) is 19.5 Å². The maximum absolute atomic E-state index is 13.6. The molecule has 5 aromatic rings. The molecule has 7 heteroatoms. The minimum atomic E-state index is -0.148. The highest BCUT2D eigenvalue weighted by Crippen LogP contribution is 2.29. The van der Waals surface area contributed by atoms with E-state index >= 15 is 0 Å². The van der Waals surface area contributed by atoms with Gasteiger partial charge in [-0.2, -0.15) is 0 Å². The zero-order valence-electron chi connectivity index (χ0n) is 17.2. The molecule has 0 fully saturated rings. The SMILES string of the molecule is C[C@H](Cc1nc(Cl)nc2cccnc12)c1cc2cccc(Cl)c2c(=O)n1-c1ccccc1. The molecule has 158 valence electrons. The number of hydrogen-bond donors (Lipinski definition) is 0. The van der Waals surface area contributed by atoms with Gasteiger partial charge in [-0.1, -0.05) is 48.9 Å². The van der Waals surface area contributed by atoms with Crippen LogP contribution in [0.1, 0.15) is 24.2 Å². The third-order valence-corrected chi connectivity index (χ3v) is 6.03. The van der Waals surface area contributed by atoms with E-state index in [1.807, 2.05) is 60.7 Å². The highest BCUT2D eigenvalue weighted by molar-refractivity contribution is 6.35. The van der Waals surface area contributed by atoms with E-state index in [0.29, 0.717) is 27.9 Å². The average Bonchev–Trinajstić information content (AvgIpc) is 2.79. The second kappa shape index (κ2) is 8.34. The number of hydrogen-bond acceptors (Lipinski definition) is 4. The predicted molar refractivity (Wildman–Crippen MR) is 129 cm³/mol. The van der Waals surface area contributed by atoms with E-state index < -0.39 is 0 Å². The predicted octanol–water partition coefficient (Wildman–Crippen LogP) is 5.98. The number of para-hydroxylation sites is 1. The first-order valence-corrected chi connectivity index (χ1v) is 11.0. The molecule has 0 N–H and O–H groups in total. The summed E-state index contributed by atoms with van der Waals surface area (Å²) in [5.41, 5.74) is 3.64. The molecule has 0 aliphatic carbocycles. The maximum atomic E-state index is 13.6. The van der Waals surface area contributed by atoms with Crippen LogP contribution in [0.15, 0.2) is 77.7 Å². The van der Waals surface area contributed by atoms with Crippen molar-refractivity contribution >= 4 is 45.0 Å². The van der Waals surface area contributed by atoms with Crippen LogP contribution >= 0.6 is 23.2 Å². The van der Waals surface area contributed by atoms with Crippen LogP contribution in [-0.2, 0) is 6.42 Å². The Balaban J connectivity index is 1.71. The van der Waals surface area contributed by atoms with Crippen LogP contribution in [0.4, 0.5) is 0 Å². The number of fused-ring (bicyclic) bond motifs is 2. The first kappa shape index (κ1) is 20.6. The normalized spacial score (nSPS) is 12.3. The number of halogens is 2. The zero-order chi connectivity index (χ0) is 22.2. The van der Waals surface area contributed by atoms with Crippen molar-refractivity contribution in [1.29, 1.82) is 0 Å². The molecule has 3 heterocycles. The van der Waals surface area contributed by atoms with Crippen molar-refractivity contribution in [3.63, 3.8) is 0 Å². The van der Waals surface area contributed by atoms with Crippen molar-refractivity contribution in [3.05, 3.63) is 105 Å². The number of benzene rings is 2. The Labute approximate surface area is 194 Å². The fourth-order valence-corrected chi connectivity index (χ4v) is 4.54. The molecule has 3 aromatic heterocycles. The van der Waals surface area contributed by atoms with Crippen molar-refractivity contribution < 1.29 is 0 Å². The molecule has 0 radical (unpaired) electrons. The molecule has 5 nitrogen and oxygen atoms in total. The van der Waals surface area contributed by atoms with Gasteiger partial charge in [0, 0.05) is 29.9 Å². The summed E-state index contributed by atoms with van der Waals surface area (Å²) >= 11 is 12.6. The zero-order valence-corrected chi connectivity index (χ0v) is 18.7. The summed E-state index contributed by atoms with van der Waals surface area (Å²) in [4.78, 5) is 26.8. The van der Waals surface area contributed by atoms with Crippen molar-refractivity contribution in [2.45, 2.75) is 19.3 Å². The average molecular weight is 461 g/mol. The molecule has 5 rings (SSSR count). The van der Waals surface area contributed by atoms with Gasteiger partial charge in [0.05, 0.1) is 21.6 Å². The van der Waals surface area contributed by atoms with Crippen molar-refractivity contribution in [3.8, 4) is 5.69 Å². The molecule has 2 aromatic carbocycles. The molecular formula is C25H18Cl2N4O. The van der Waals surface area contributed by atoms with Gasteiger partial charge in [-0.3, -0.25) is 14.3 Å². The first-order valence-electron chi connectivity index (χ1n) is 10.2. The van der Waals surface area contributed by atoms with Gasteiger partial charge < -0.3 is 0 Å². The molecule has 0 aliphatic rings. The fraction of sp³-hybridized carbons (Fsp3) is 0.120. The second-order valence-electron chi connectivity index (χ2n) is 7.67. The molecule has 0 bridgehead atoms. The molecule has 0 saturated carbocycles. The van der Waals surface area contributed by atoms with Gasteiger partial charge in [0.15, 0.2) is 0 Å². The number of aromatic nitrogens is 4. The minimum Gasteiger partial charge on any atom is -0.280 e. The topological polar surface area (TPSA) is 60.7 Å². The number of pyridine rings is 2. The lowest BCUT2D eigenvalue weighted by Gasteiger charge is -2.20. The molecular weight excluding hydrogens is 443 g/mol. The number of nitrogens with zero attached hydrogens (tertiary/aromatic N) is 4. The maximum Gasteiger partial charge on any atom is 0.264 e. The Kier molecular flexibility index (Phi) is 5.37. The van der Waals surface area contributed by atoms with Crippen LogP contribution in [0.25, 0.3) is 27.5 Å². The summed E-state index contributed by atoms with van der Waals surface area (Å²) in [6, 6.07) is 20.8. The Bertz CT molecular complexity index is 1520. The van der Waals surface area contributed by atoms with Crippen LogP contribution < -0.4 is 5.56 Å². The monoisotopic (exact) mass is 460 g/mol. The van der Waals surface area contributed by atoms with Crippen LogP contribution in [0.5, 0.6) is 0 Å². The van der Waals surface area contributed by atoms with Gasteiger partial charge in [-0.15, -0.1) is 0 Å². The van der Waals surface area contributed by atoms with Gasteiger partial charge in [0.1, 0.15) is 5.52 Å². The smallest absolute Gasteiger partial charge is 0.264 e. The summed E-state index contributed by atoms with van der Waals surface area (Å²) in [5.74, 6) is -0.0672. The third-order valence-electron chi connectivity index (χ3n) is 5.54. The van der Waals surface area contributed by atoms with E-state index in [9.17, 15) is 4.79 Å². The molecule has 0 unspecified atom stereocenters. The fourth-order valence-electron chi connectivity index (χ4n) is 4.08. The Morgan fingerprint density at radius 3 is 2.59 bits per heavy atom. The third kappa shape index (κ3) is 3.64. The molecule has 32 heavy (non-hydrogen) atoms. The van der Waals surface area contributed by atoms with Gasteiger partial charge in [-0.25, -0.2) is 9.97 Å². The van der Waals surface area contributed by atoms with Crippen LogP contribution in [0, 0.1) is 0 Å². The lowest BCUT2D eigenvalue weighted by molar-refractivity contribution is 0.686. The first-order chi connectivity index (χ1) is 15.5. The van der Waals surface area contributed by atoms with E-state index in [1.54, 1.807) is 16.8 Å². The standard InChI is InChI=1S/C25H18Cl2N4O/c1-15(13-20-23-19(11-6-12-28-23)29-25(27)30-20)21-14-16-7-5-10-18(26)22(16)24(32)31(21)17-8-3-2-4-9-17/h2-12,14-15H,13H2,1H3/t15-/m1/s1. The van der Waals surface area contributed by atoms with E-state index in [4.69, 9.17) is 23.2 Å². The summed E-state index contributed by atoms with van der Waals surface area (Å²) in [5, 5.41) is 1.93. The highest BCUT2D eigenvalue weighted by atomic mass is 35.5. The van der Waals surface area contributed by atoms with E-state index in [2.05, 4.69) is 21.9 Å². The van der Waals surface area contributed by atoms with Crippen molar-refractivity contribution in [2.75, 3.05) is 0 Å². The van der Waals surface area contributed by atoms with Crippen molar-refractivity contribution in [1.82, 2.24) is 19.5 Å². The lowest BCUT2D eigenvalue weighted by atomic mass is 9.97.